The molecule has 0 amide bonds. The van der Waals surface area contributed by atoms with Gasteiger partial charge in [-0.15, -0.1) is 0 Å². The van der Waals surface area contributed by atoms with E-state index in [0.29, 0.717) is 5.54 Å². The predicted molar refractivity (Wildman–Crippen MR) is 73.4 cm³/mol. The van der Waals surface area contributed by atoms with Crippen LogP contribution in [0.25, 0.3) is 0 Å². The molecule has 0 N–H and O–H groups in total. The SMILES string of the molecule is CCCN1CC(N2CCN(C(C)(C)C)CC2)C1. The quantitative estimate of drug-likeness (QED) is 0.739. The Hall–Kier alpha value is -0.120. The first-order chi connectivity index (χ1) is 8.00. The third kappa shape index (κ3) is 3.21. The van der Waals surface area contributed by atoms with E-state index in [-0.39, 0.29) is 0 Å². The molecule has 2 heterocycles. The Morgan fingerprint density at radius 3 is 2.06 bits per heavy atom. The van der Waals surface area contributed by atoms with Crippen molar-refractivity contribution in [3.05, 3.63) is 0 Å². The van der Waals surface area contributed by atoms with Crippen molar-refractivity contribution < 1.29 is 0 Å². The Morgan fingerprint density at radius 2 is 1.59 bits per heavy atom. The molecule has 0 unspecified atom stereocenters. The van der Waals surface area contributed by atoms with Crippen molar-refractivity contribution >= 4 is 0 Å². The zero-order valence-corrected chi connectivity index (χ0v) is 12.1. The molecule has 100 valence electrons. The third-order valence-corrected chi connectivity index (χ3v) is 4.26. The lowest BCUT2D eigenvalue weighted by molar-refractivity contribution is -0.0136. The summed E-state index contributed by atoms with van der Waals surface area (Å²) in [5.74, 6) is 0. The fourth-order valence-electron chi connectivity index (χ4n) is 3.03. The average molecular weight is 239 g/mol. The maximum Gasteiger partial charge on any atom is 0.0351 e. The number of hydrogen-bond donors (Lipinski definition) is 0. The minimum atomic E-state index is 0.347. The molecule has 3 heteroatoms. The minimum Gasteiger partial charge on any atom is -0.300 e. The molecule has 2 aliphatic rings. The molecule has 0 spiro atoms. The summed E-state index contributed by atoms with van der Waals surface area (Å²) in [4.78, 5) is 7.90. The molecule has 2 fully saturated rings. The molecular weight excluding hydrogens is 210 g/mol. The van der Waals surface area contributed by atoms with Crippen molar-refractivity contribution in [1.29, 1.82) is 0 Å². The largest absolute Gasteiger partial charge is 0.300 e. The average Bonchev–Trinajstić information content (AvgIpc) is 2.22. The highest BCUT2D eigenvalue weighted by molar-refractivity contribution is 4.91. The van der Waals surface area contributed by atoms with Crippen LogP contribution in [-0.4, -0.2) is 72.1 Å². The van der Waals surface area contributed by atoms with E-state index in [1.807, 2.05) is 0 Å². The van der Waals surface area contributed by atoms with Gasteiger partial charge in [-0.25, -0.2) is 0 Å². The fourth-order valence-corrected chi connectivity index (χ4v) is 3.03. The summed E-state index contributed by atoms with van der Waals surface area (Å²) in [7, 11) is 0. The number of nitrogens with zero attached hydrogens (tertiary/aromatic N) is 3. The van der Waals surface area contributed by atoms with Gasteiger partial charge in [0.15, 0.2) is 0 Å². The molecule has 17 heavy (non-hydrogen) atoms. The van der Waals surface area contributed by atoms with E-state index >= 15 is 0 Å². The molecule has 2 rings (SSSR count). The second-order valence-corrected chi connectivity index (χ2v) is 6.61. The standard InChI is InChI=1S/C14H29N3/c1-5-6-15-11-13(12-15)16-7-9-17(10-8-16)14(2,3)4/h13H,5-12H2,1-4H3. The first-order valence-corrected chi connectivity index (χ1v) is 7.22. The van der Waals surface area contributed by atoms with Crippen LogP contribution < -0.4 is 0 Å². The van der Waals surface area contributed by atoms with Gasteiger partial charge in [0, 0.05) is 50.8 Å². The number of hydrogen-bond acceptors (Lipinski definition) is 3. The van der Waals surface area contributed by atoms with Crippen LogP contribution in [-0.2, 0) is 0 Å². The van der Waals surface area contributed by atoms with Crippen molar-refractivity contribution in [3.8, 4) is 0 Å². The van der Waals surface area contributed by atoms with Gasteiger partial charge in [0.2, 0.25) is 0 Å². The predicted octanol–water partition coefficient (Wildman–Crippen LogP) is 1.50. The third-order valence-electron chi connectivity index (χ3n) is 4.26. The summed E-state index contributed by atoms with van der Waals surface area (Å²) in [5.41, 5.74) is 0.347. The Balaban J connectivity index is 1.70. The smallest absolute Gasteiger partial charge is 0.0351 e. The summed E-state index contributed by atoms with van der Waals surface area (Å²) in [5, 5.41) is 0. The molecule has 0 atom stereocenters. The van der Waals surface area contributed by atoms with E-state index < -0.39 is 0 Å². The van der Waals surface area contributed by atoms with Crippen LogP contribution in [0.2, 0.25) is 0 Å². The molecule has 2 aliphatic heterocycles. The Morgan fingerprint density at radius 1 is 1.00 bits per heavy atom. The van der Waals surface area contributed by atoms with E-state index in [9.17, 15) is 0 Å². The van der Waals surface area contributed by atoms with E-state index in [1.54, 1.807) is 0 Å². The van der Waals surface area contributed by atoms with Gasteiger partial charge >= 0.3 is 0 Å². The lowest BCUT2D eigenvalue weighted by atomic mass is 10.0. The maximum atomic E-state index is 2.70. The number of piperazine rings is 1. The minimum absolute atomic E-state index is 0.347. The molecule has 2 saturated heterocycles. The number of likely N-dealkylation sites (tertiary alicyclic amines) is 1. The molecule has 0 saturated carbocycles. The zero-order valence-electron chi connectivity index (χ0n) is 12.1. The summed E-state index contributed by atoms with van der Waals surface area (Å²) in [6.45, 7) is 18.2. The van der Waals surface area contributed by atoms with Crippen LogP contribution in [0.5, 0.6) is 0 Å². The summed E-state index contributed by atoms with van der Waals surface area (Å²) < 4.78 is 0. The van der Waals surface area contributed by atoms with Crippen LogP contribution in [0.1, 0.15) is 34.1 Å². The summed E-state index contributed by atoms with van der Waals surface area (Å²) >= 11 is 0. The van der Waals surface area contributed by atoms with Gasteiger partial charge in [-0.3, -0.25) is 9.80 Å². The Kier molecular flexibility index (Phi) is 4.11. The highest BCUT2D eigenvalue weighted by Crippen LogP contribution is 2.20. The molecule has 0 aromatic carbocycles. The first-order valence-electron chi connectivity index (χ1n) is 7.22. The normalized spacial score (nSPS) is 26.1. The lowest BCUT2D eigenvalue weighted by Gasteiger charge is -2.50. The van der Waals surface area contributed by atoms with Crippen LogP contribution >= 0.6 is 0 Å². The van der Waals surface area contributed by atoms with Crippen molar-refractivity contribution in [3.63, 3.8) is 0 Å². The van der Waals surface area contributed by atoms with E-state index in [4.69, 9.17) is 0 Å². The highest BCUT2D eigenvalue weighted by Gasteiger charge is 2.34. The summed E-state index contributed by atoms with van der Waals surface area (Å²) in [6, 6.07) is 0.851. The Bertz CT molecular complexity index is 232. The molecule has 0 aromatic heterocycles. The van der Waals surface area contributed by atoms with Gasteiger partial charge < -0.3 is 4.90 Å². The van der Waals surface area contributed by atoms with E-state index in [1.165, 1.54) is 52.2 Å². The Labute approximate surface area is 107 Å². The van der Waals surface area contributed by atoms with Crippen LogP contribution in [0.15, 0.2) is 0 Å². The van der Waals surface area contributed by atoms with E-state index in [2.05, 4.69) is 42.4 Å². The first kappa shape index (κ1) is 13.3. The van der Waals surface area contributed by atoms with Gasteiger partial charge in [-0.2, -0.15) is 0 Å². The highest BCUT2D eigenvalue weighted by atomic mass is 15.4. The maximum absolute atomic E-state index is 2.70. The van der Waals surface area contributed by atoms with Crippen LogP contribution in [0, 0.1) is 0 Å². The molecule has 0 aromatic rings. The molecule has 0 radical (unpaired) electrons. The second kappa shape index (κ2) is 5.25. The zero-order chi connectivity index (χ0) is 12.5. The topological polar surface area (TPSA) is 9.72 Å². The van der Waals surface area contributed by atoms with Crippen LogP contribution in [0.3, 0.4) is 0 Å². The van der Waals surface area contributed by atoms with E-state index in [0.717, 1.165) is 6.04 Å². The van der Waals surface area contributed by atoms with Crippen molar-refractivity contribution in [2.45, 2.75) is 45.7 Å². The molecule has 0 bridgehead atoms. The van der Waals surface area contributed by atoms with Gasteiger partial charge in [-0.1, -0.05) is 6.92 Å². The van der Waals surface area contributed by atoms with Crippen molar-refractivity contribution in [2.75, 3.05) is 45.8 Å². The van der Waals surface area contributed by atoms with Gasteiger partial charge in [0.25, 0.3) is 0 Å². The molecule has 0 aliphatic carbocycles. The van der Waals surface area contributed by atoms with Gasteiger partial charge in [0.05, 0.1) is 0 Å². The molecular formula is C14H29N3. The summed E-state index contributed by atoms with van der Waals surface area (Å²) in [6.07, 6.45) is 1.30. The van der Waals surface area contributed by atoms with Gasteiger partial charge in [-0.05, 0) is 33.7 Å². The van der Waals surface area contributed by atoms with Crippen molar-refractivity contribution in [1.82, 2.24) is 14.7 Å². The monoisotopic (exact) mass is 239 g/mol. The second-order valence-electron chi connectivity index (χ2n) is 6.61. The molecule has 3 nitrogen and oxygen atoms in total. The lowest BCUT2D eigenvalue weighted by Crippen LogP contribution is -2.64. The van der Waals surface area contributed by atoms with Gasteiger partial charge in [0.1, 0.15) is 0 Å². The fraction of sp³-hybridized carbons (Fsp3) is 1.00. The van der Waals surface area contributed by atoms with Crippen LogP contribution in [0.4, 0.5) is 0 Å². The number of rotatable bonds is 3. The van der Waals surface area contributed by atoms with Crippen molar-refractivity contribution in [2.24, 2.45) is 0 Å².